The fourth-order valence-corrected chi connectivity index (χ4v) is 4.29. The molecule has 1 aliphatic rings. The number of piperidine rings is 1. The summed E-state index contributed by atoms with van der Waals surface area (Å²) in [4.78, 5) is 23.4. The van der Waals surface area contributed by atoms with Gasteiger partial charge in [0.15, 0.2) is 5.82 Å². The number of likely N-dealkylation sites (tertiary alicyclic amines) is 1. The highest BCUT2D eigenvalue weighted by molar-refractivity contribution is 5.93. The predicted octanol–water partition coefficient (Wildman–Crippen LogP) is 3.94. The second-order valence-corrected chi connectivity index (χ2v) is 8.34. The summed E-state index contributed by atoms with van der Waals surface area (Å²) in [6, 6.07) is 8.12. The van der Waals surface area contributed by atoms with Crippen LogP contribution in [0.3, 0.4) is 0 Å². The van der Waals surface area contributed by atoms with Crippen molar-refractivity contribution < 1.29 is 4.79 Å². The number of aromatic nitrogens is 6. The van der Waals surface area contributed by atoms with Gasteiger partial charge >= 0.3 is 0 Å². The van der Waals surface area contributed by atoms with Crippen LogP contribution in [-0.2, 0) is 11.8 Å². The molecule has 0 N–H and O–H groups in total. The van der Waals surface area contributed by atoms with Crippen molar-refractivity contribution in [2.24, 2.45) is 7.05 Å². The summed E-state index contributed by atoms with van der Waals surface area (Å²) in [6.45, 7) is 2.38. The summed E-state index contributed by atoms with van der Waals surface area (Å²) in [5.74, 6) is 5.88. The van der Waals surface area contributed by atoms with Gasteiger partial charge < -0.3 is 4.90 Å². The van der Waals surface area contributed by atoms with E-state index in [2.05, 4.69) is 44.1 Å². The number of nitrogens with zero attached hydrogens (tertiary/aromatic N) is 7. The van der Waals surface area contributed by atoms with Crippen molar-refractivity contribution in [2.75, 3.05) is 6.54 Å². The summed E-state index contributed by atoms with van der Waals surface area (Å²) >= 11 is 0. The zero-order chi connectivity index (χ0) is 23.5. The van der Waals surface area contributed by atoms with Gasteiger partial charge in [-0.25, -0.2) is 14.6 Å². The lowest BCUT2D eigenvalue weighted by Crippen LogP contribution is -2.40. The van der Waals surface area contributed by atoms with E-state index in [0.29, 0.717) is 12.4 Å². The van der Waals surface area contributed by atoms with Crippen LogP contribution in [0.25, 0.3) is 33.6 Å². The first-order valence-corrected chi connectivity index (χ1v) is 11.3. The standard InChI is InChI=1S/C26H25N7O/c1-3-7-25(34)32-11-5-4-10-24(32)33-18-23(16-30-33)21-13-27-26(28-14-21)20-9-6-8-19(12-20)22-15-29-31(2)17-22/h6,8-9,12-18,24H,4-5,10-11H2,1-2H3. The van der Waals surface area contributed by atoms with Crippen LogP contribution in [0.1, 0.15) is 32.4 Å². The Bertz CT molecular complexity index is 1370. The van der Waals surface area contributed by atoms with Crippen molar-refractivity contribution in [3.8, 4) is 45.5 Å². The molecule has 4 aromatic rings. The lowest BCUT2D eigenvalue weighted by Gasteiger charge is -2.34. The molecule has 1 amide bonds. The molecular weight excluding hydrogens is 426 g/mol. The zero-order valence-electron chi connectivity index (χ0n) is 19.2. The molecule has 1 unspecified atom stereocenters. The van der Waals surface area contributed by atoms with Gasteiger partial charge in [-0.3, -0.25) is 9.48 Å². The predicted molar refractivity (Wildman–Crippen MR) is 129 cm³/mol. The van der Waals surface area contributed by atoms with E-state index in [1.807, 2.05) is 59.7 Å². The highest BCUT2D eigenvalue weighted by atomic mass is 16.2. The first-order chi connectivity index (χ1) is 16.6. The minimum Gasteiger partial charge on any atom is -0.310 e. The van der Waals surface area contributed by atoms with Gasteiger partial charge in [-0.15, -0.1) is 0 Å². The minimum atomic E-state index is -0.148. The first kappa shape index (κ1) is 21.6. The topological polar surface area (TPSA) is 81.7 Å². The van der Waals surface area contributed by atoms with Crippen LogP contribution >= 0.6 is 0 Å². The molecule has 1 fully saturated rings. The lowest BCUT2D eigenvalue weighted by molar-refractivity contribution is -0.131. The molecule has 0 bridgehead atoms. The smallest absolute Gasteiger partial charge is 0.300 e. The number of aryl methyl sites for hydroxylation is 1. The molecule has 1 atom stereocenters. The Morgan fingerprint density at radius 3 is 2.47 bits per heavy atom. The van der Waals surface area contributed by atoms with Gasteiger partial charge in [0, 0.05) is 60.6 Å². The molecule has 34 heavy (non-hydrogen) atoms. The van der Waals surface area contributed by atoms with E-state index in [1.165, 1.54) is 0 Å². The van der Waals surface area contributed by atoms with Crippen molar-refractivity contribution in [1.29, 1.82) is 0 Å². The van der Waals surface area contributed by atoms with Crippen molar-refractivity contribution in [1.82, 2.24) is 34.4 Å². The quantitative estimate of drug-likeness (QED) is 0.439. The Kier molecular flexibility index (Phi) is 5.91. The molecule has 3 aromatic heterocycles. The third kappa shape index (κ3) is 4.33. The zero-order valence-corrected chi connectivity index (χ0v) is 19.2. The second kappa shape index (κ2) is 9.32. The molecule has 5 rings (SSSR count). The fourth-order valence-electron chi connectivity index (χ4n) is 4.29. The Morgan fingerprint density at radius 2 is 1.71 bits per heavy atom. The average molecular weight is 452 g/mol. The molecule has 1 aliphatic heterocycles. The van der Waals surface area contributed by atoms with Crippen LogP contribution in [-0.4, -0.2) is 46.9 Å². The SMILES string of the molecule is CC#CC(=O)N1CCCCC1n1cc(-c2cnc(-c3cccc(-c4cnn(C)c4)c3)nc2)cn1. The maximum Gasteiger partial charge on any atom is 0.300 e. The molecule has 1 saturated heterocycles. The second-order valence-electron chi connectivity index (χ2n) is 8.34. The Hall–Kier alpha value is -4.25. The highest BCUT2D eigenvalue weighted by Crippen LogP contribution is 2.29. The van der Waals surface area contributed by atoms with Crippen molar-refractivity contribution in [3.63, 3.8) is 0 Å². The van der Waals surface area contributed by atoms with Gasteiger partial charge in [0.2, 0.25) is 0 Å². The molecule has 4 heterocycles. The van der Waals surface area contributed by atoms with Gasteiger partial charge in [-0.2, -0.15) is 10.2 Å². The summed E-state index contributed by atoms with van der Waals surface area (Å²) < 4.78 is 3.64. The molecule has 170 valence electrons. The Balaban J connectivity index is 1.37. The van der Waals surface area contributed by atoms with Crippen LogP contribution in [0.15, 0.2) is 61.4 Å². The number of rotatable bonds is 4. The maximum atomic E-state index is 12.4. The minimum absolute atomic E-state index is 0.119. The van der Waals surface area contributed by atoms with Crippen LogP contribution in [0.2, 0.25) is 0 Å². The van der Waals surface area contributed by atoms with Crippen molar-refractivity contribution in [2.45, 2.75) is 32.4 Å². The number of benzene rings is 1. The largest absolute Gasteiger partial charge is 0.310 e. The number of hydrogen-bond donors (Lipinski definition) is 0. The van der Waals surface area contributed by atoms with Gasteiger partial charge in [0.1, 0.15) is 6.17 Å². The number of carbonyl (C=O) groups excluding carboxylic acids is 1. The van der Waals surface area contributed by atoms with Crippen LogP contribution in [0.5, 0.6) is 0 Å². The number of amides is 1. The third-order valence-electron chi connectivity index (χ3n) is 6.01. The summed E-state index contributed by atoms with van der Waals surface area (Å²) in [5, 5.41) is 8.80. The molecular formula is C26H25N7O. The highest BCUT2D eigenvalue weighted by Gasteiger charge is 2.27. The van der Waals surface area contributed by atoms with Gasteiger partial charge in [0.25, 0.3) is 5.91 Å². The van der Waals surface area contributed by atoms with E-state index < -0.39 is 0 Å². The van der Waals surface area contributed by atoms with Gasteiger partial charge in [-0.1, -0.05) is 24.1 Å². The van der Waals surface area contributed by atoms with E-state index in [0.717, 1.165) is 47.1 Å². The summed E-state index contributed by atoms with van der Waals surface area (Å²) in [7, 11) is 1.90. The fraction of sp³-hybridized carbons (Fsp3) is 0.269. The van der Waals surface area contributed by atoms with Crippen LogP contribution < -0.4 is 0 Å². The van der Waals surface area contributed by atoms with E-state index in [4.69, 9.17) is 0 Å². The number of carbonyl (C=O) groups is 1. The van der Waals surface area contributed by atoms with Crippen LogP contribution in [0, 0.1) is 11.8 Å². The van der Waals surface area contributed by atoms with E-state index in [1.54, 1.807) is 17.8 Å². The molecule has 0 aliphatic carbocycles. The van der Waals surface area contributed by atoms with Gasteiger partial charge in [-0.05, 0) is 43.7 Å². The molecule has 0 spiro atoms. The van der Waals surface area contributed by atoms with E-state index in [-0.39, 0.29) is 12.1 Å². The van der Waals surface area contributed by atoms with Crippen LogP contribution in [0.4, 0.5) is 0 Å². The average Bonchev–Trinajstić information content (AvgIpc) is 3.54. The van der Waals surface area contributed by atoms with Gasteiger partial charge in [0.05, 0.1) is 12.4 Å². The van der Waals surface area contributed by atoms with E-state index >= 15 is 0 Å². The molecule has 0 saturated carbocycles. The summed E-state index contributed by atoms with van der Waals surface area (Å²) in [6.07, 6.45) is 14.0. The van der Waals surface area contributed by atoms with Crippen molar-refractivity contribution >= 4 is 5.91 Å². The lowest BCUT2D eigenvalue weighted by atomic mass is 10.1. The first-order valence-electron chi connectivity index (χ1n) is 11.3. The maximum absolute atomic E-state index is 12.4. The third-order valence-corrected chi connectivity index (χ3v) is 6.01. The molecule has 8 nitrogen and oxygen atoms in total. The number of hydrogen-bond acceptors (Lipinski definition) is 5. The Labute approximate surface area is 198 Å². The monoisotopic (exact) mass is 451 g/mol. The molecule has 0 radical (unpaired) electrons. The van der Waals surface area contributed by atoms with E-state index in [9.17, 15) is 4.79 Å². The van der Waals surface area contributed by atoms with Crippen molar-refractivity contribution in [3.05, 3.63) is 61.4 Å². The molecule has 8 heteroatoms. The molecule has 1 aromatic carbocycles. The Morgan fingerprint density at radius 1 is 0.941 bits per heavy atom. The summed E-state index contributed by atoms with van der Waals surface area (Å²) in [5.41, 5.74) is 4.85. The normalized spacial score (nSPS) is 15.6.